The highest BCUT2D eigenvalue weighted by molar-refractivity contribution is 6.31. The number of hydrogen-bond donors (Lipinski definition) is 1. The number of benzene rings is 1. The number of hydrogen-bond acceptors (Lipinski definition) is 4. The van der Waals surface area contributed by atoms with Crippen LogP contribution in [0.15, 0.2) is 30.6 Å². The molecule has 0 aliphatic carbocycles. The highest BCUT2D eigenvalue weighted by Crippen LogP contribution is 2.19. The first-order valence-corrected chi connectivity index (χ1v) is 8.81. The molecule has 26 heavy (non-hydrogen) atoms. The third-order valence-electron chi connectivity index (χ3n) is 3.89. The molecule has 0 saturated heterocycles. The second-order valence-electron chi connectivity index (χ2n) is 5.90. The van der Waals surface area contributed by atoms with Crippen molar-refractivity contribution in [1.82, 2.24) is 24.5 Å². The van der Waals surface area contributed by atoms with Gasteiger partial charge in [-0.1, -0.05) is 35.3 Å². The Kier molecular flexibility index (Phi) is 5.58. The van der Waals surface area contributed by atoms with E-state index >= 15 is 0 Å². The monoisotopic (exact) mass is 392 g/mol. The maximum absolute atomic E-state index is 12.1. The molecule has 0 unspecified atom stereocenters. The largest absolute Gasteiger partial charge is 0.293 e. The molecule has 2 heterocycles. The molecule has 0 fully saturated rings. The maximum Gasteiger partial charge on any atom is 0.248 e. The van der Waals surface area contributed by atoms with Crippen LogP contribution in [0.5, 0.6) is 0 Å². The van der Waals surface area contributed by atoms with Crippen molar-refractivity contribution >= 4 is 35.1 Å². The van der Waals surface area contributed by atoms with Crippen molar-refractivity contribution in [3.63, 3.8) is 0 Å². The molecule has 9 heteroatoms. The van der Waals surface area contributed by atoms with Crippen LogP contribution in [-0.2, 0) is 17.9 Å². The molecule has 0 aliphatic heterocycles. The van der Waals surface area contributed by atoms with Gasteiger partial charge < -0.3 is 0 Å². The van der Waals surface area contributed by atoms with Gasteiger partial charge in [-0.25, -0.2) is 9.67 Å². The summed E-state index contributed by atoms with van der Waals surface area (Å²) in [5, 5.41) is 12.6. The Hall–Kier alpha value is -2.38. The molecule has 0 saturated carbocycles. The topological polar surface area (TPSA) is 77.6 Å². The standard InChI is InChI=1S/C17H18Cl2N6O/c1-11-16(19)12(2)25(22-11)8-7-15(26)21-17-20-10-24(23-17)9-13-3-5-14(18)6-4-13/h3-6,10H,7-9H2,1-2H3,(H,21,23,26). The first-order chi connectivity index (χ1) is 12.4. The summed E-state index contributed by atoms with van der Waals surface area (Å²) >= 11 is 12.0. The molecule has 0 radical (unpaired) electrons. The van der Waals surface area contributed by atoms with Crippen molar-refractivity contribution in [2.45, 2.75) is 33.4 Å². The molecule has 0 spiro atoms. The van der Waals surface area contributed by atoms with Crippen LogP contribution in [0.25, 0.3) is 0 Å². The van der Waals surface area contributed by atoms with Crippen molar-refractivity contribution in [3.8, 4) is 0 Å². The van der Waals surface area contributed by atoms with Gasteiger partial charge in [0.25, 0.3) is 0 Å². The summed E-state index contributed by atoms with van der Waals surface area (Å²) in [6.45, 7) is 4.70. The van der Waals surface area contributed by atoms with E-state index in [1.807, 2.05) is 38.1 Å². The number of halogens is 2. The Morgan fingerprint density at radius 1 is 1.15 bits per heavy atom. The Bertz CT molecular complexity index is 916. The molecule has 136 valence electrons. The highest BCUT2D eigenvalue weighted by Gasteiger charge is 2.12. The first kappa shape index (κ1) is 18.4. The second kappa shape index (κ2) is 7.88. The zero-order valence-electron chi connectivity index (χ0n) is 14.4. The Labute approximate surface area is 160 Å². The van der Waals surface area contributed by atoms with Gasteiger partial charge in [0.05, 0.1) is 29.5 Å². The van der Waals surface area contributed by atoms with Crippen LogP contribution in [-0.4, -0.2) is 30.5 Å². The van der Waals surface area contributed by atoms with Gasteiger partial charge in [-0.3, -0.25) is 14.8 Å². The molecule has 0 aliphatic rings. The summed E-state index contributed by atoms with van der Waals surface area (Å²) in [6.07, 6.45) is 1.83. The van der Waals surface area contributed by atoms with Crippen LogP contribution in [0.1, 0.15) is 23.4 Å². The van der Waals surface area contributed by atoms with Crippen molar-refractivity contribution in [2.24, 2.45) is 0 Å². The molecule has 3 rings (SSSR count). The third-order valence-corrected chi connectivity index (χ3v) is 4.69. The van der Waals surface area contributed by atoms with Gasteiger partial charge in [-0.05, 0) is 31.5 Å². The van der Waals surface area contributed by atoms with E-state index < -0.39 is 0 Å². The predicted octanol–water partition coefficient (Wildman–Crippen LogP) is 3.48. The maximum atomic E-state index is 12.1. The fraction of sp³-hybridized carbons (Fsp3) is 0.294. The number of carbonyl (C=O) groups excluding carboxylic acids is 1. The average molecular weight is 393 g/mol. The number of carbonyl (C=O) groups is 1. The van der Waals surface area contributed by atoms with Gasteiger partial charge in [0.15, 0.2) is 0 Å². The van der Waals surface area contributed by atoms with Gasteiger partial charge in [0.2, 0.25) is 11.9 Å². The van der Waals surface area contributed by atoms with Crippen LogP contribution in [0, 0.1) is 13.8 Å². The zero-order chi connectivity index (χ0) is 18.7. The van der Waals surface area contributed by atoms with E-state index in [1.165, 1.54) is 0 Å². The van der Waals surface area contributed by atoms with Crippen LogP contribution in [0.3, 0.4) is 0 Å². The minimum Gasteiger partial charge on any atom is -0.293 e. The predicted molar refractivity (Wildman–Crippen MR) is 101 cm³/mol. The van der Waals surface area contributed by atoms with Crippen molar-refractivity contribution in [3.05, 3.63) is 57.6 Å². The number of aryl methyl sites for hydroxylation is 2. The molecular formula is C17H18Cl2N6O. The molecule has 1 amide bonds. The number of anilines is 1. The molecule has 0 atom stereocenters. The van der Waals surface area contributed by atoms with Gasteiger partial charge in [0.1, 0.15) is 6.33 Å². The lowest BCUT2D eigenvalue weighted by Crippen LogP contribution is -2.16. The normalized spacial score (nSPS) is 10.9. The summed E-state index contributed by atoms with van der Waals surface area (Å²) in [5.41, 5.74) is 2.65. The quantitative estimate of drug-likeness (QED) is 0.696. The summed E-state index contributed by atoms with van der Waals surface area (Å²) in [5.74, 6) is 0.0910. The van der Waals surface area contributed by atoms with Crippen LogP contribution in [0.4, 0.5) is 5.95 Å². The van der Waals surface area contributed by atoms with Gasteiger partial charge in [-0.15, -0.1) is 5.10 Å². The van der Waals surface area contributed by atoms with E-state index in [-0.39, 0.29) is 18.3 Å². The van der Waals surface area contributed by atoms with Crippen molar-refractivity contribution in [2.75, 3.05) is 5.32 Å². The van der Waals surface area contributed by atoms with Gasteiger partial charge in [0, 0.05) is 11.4 Å². The minimum atomic E-state index is -0.182. The van der Waals surface area contributed by atoms with Crippen molar-refractivity contribution in [1.29, 1.82) is 0 Å². The van der Waals surface area contributed by atoms with Crippen molar-refractivity contribution < 1.29 is 4.79 Å². The summed E-state index contributed by atoms with van der Waals surface area (Å²) in [4.78, 5) is 16.2. The Balaban J connectivity index is 1.54. The number of aromatic nitrogens is 5. The number of rotatable bonds is 6. The molecule has 1 aromatic carbocycles. The minimum absolute atomic E-state index is 0.182. The SMILES string of the molecule is Cc1nn(CCC(=O)Nc2ncn(Cc3ccc(Cl)cc3)n2)c(C)c1Cl. The number of nitrogens with zero attached hydrogens (tertiary/aromatic N) is 5. The summed E-state index contributed by atoms with van der Waals surface area (Å²) in [7, 11) is 0. The third kappa shape index (κ3) is 4.42. The van der Waals surface area contributed by atoms with E-state index in [9.17, 15) is 4.79 Å². The lowest BCUT2D eigenvalue weighted by molar-refractivity contribution is -0.116. The number of nitrogens with one attached hydrogen (secondary N) is 1. The summed E-state index contributed by atoms with van der Waals surface area (Å²) in [6, 6.07) is 7.48. The summed E-state index contributed by atoms with van der Waals surface area (Å²) < 4.78 is 3.38. The van der Waals surface area contributed by atoms with Crippen LogP contribution >= 0.6 is 23.2 Å². The number of amides is 1. The molecule has 0 bridgehead atoms. The average Bonchev–Trinajstić information content (AvgIpc) is 3.15. The lowest BCUT2D eigenvalue weighted by atomic mass is 10.2. The first-order valence-electron chi connectivity index (χ1n) is 8.05. The lowest BCUT2D eigenvalue weighted by Gasteiger charge is -2.04. The second-order valence-corrected chi connectivity index (χ2v) is 6.71. The smallest absolute Gasteiger partial charge is 0.248 e. The van der Waals surface area contributed by atoms with Crippen LogP contribution in [0.2, 0.25) is 10.0 Å². The molecule has 7 nitrogen and oxygen atoms in total. The van der Waals surface area contributed by atoms with E-state index in [0.717, 1.165) is 17.0 Å². The Morgan fingerprint density at radius 3 is 2.54 bits per heavy atom. The highest BCUT2D eigenvalue weighted by atomic mass is 35.5. The molecular weight excluding hydrogens is 375 g/mol. The Morgan fingerprint density at radius 2 is 1.88 bits per heavy atom. The van der Waals surface area contributed by atoms with Crippen LogP contribution < -0.4 is 5.32 Å². The van der Waals surface area contributed by atoms with E-state index in [1.54, 1.807) is 15.7 Å². The fourth-order valence-corrected chi connectivity index (χ4v) is 2.75. The van der Waals surface area contributed by atoms with E-state index in [2.05, 4.69) is 20.5 Å². The fourth-order valence-electron chi connectivity index (χ4n) is 2.49. The molecule has 2 aromatic heterocycles. The molecule has 3 aromatic rings. The van der Waals surface area contributed by atoms with Gasteiger partial charge >= 0.3 is 0 Å². The van der Waals surface area contributed by atoms with E-state index in [4.69, 9.17) is 23.2 Å². The van der Waals surface area contributed by atoms with E-state index in [0.29, 0.717) is 23.1 Å². The molecule has 1 N–H and O–H groups in total. The van der Waals surface area contributed by atoms with Gasteiger partial charge in [-0.2, -0.15) is 5.10 Å². The zero-order valence-corrected chi connectivity index (χ0v) is 15.9.